The van der Waals surface area contributed by atoms with Gasteiger partial charge in [0, 0.05) is 29.0 Å². The fourth-order valence-electron chi connectivity index (χ4n) is 2.17. The van der Waals surface area contributed by atoms with Gasteiger partial charge < -0.3 is 4.74 Å². The summed E-state index contributed by atoms with van der Waals surface area (Å²) in [5.74, 6) is 1.17. The Bertz CT molecular complexity index is 917. The molecule has 1 N–H and O–H groups in total. The molecular weight excluding hydrogens is 336 g/mol. The highest BCUT2D eigenvalue weighted by Gasteiger charge is 2.13. The van der Waals surface area contributed by atoms with Crippen LogP contribution >= 0.6 is 11.5 Å². The minimum Gasteiger partial charge on any atom is -0.495 e. The summed E-state index contributed by atoms with van der Waals surface area (Å²) in [7, 11) is -1.92. The zero-order valence-corrected chi connectivity index (χ0v) is 14.1. The number of methoxy groups -OCH3 is 1. The summed E-state index contributed by atoms with van der Waals surface area (Å²) in [5.41, 5.74) is 2.03. The van der Waals surface area contributed by atoms with Crippen LogP contribution < -0.4 is 9.46 Å². The summed E-state index contributed by atoms with van der Waals surface area (Å²) in [6.07, 6.45) is 6.32. The Morgan fingerprint density at radius 2 is 2.17 bits per heavy atom. The molecule has 0 aliphatic carbocycles. The summed E-state index contributed by atoms with van der Waals surface area (Å²) >= 11 is 1.34. The quantitative estimate of drug-likeness (QED) is 0.763. The molecule has 0 bridgehead atoms. The van der Waals surface area contributed by atoms with Gasteiger partial charge >= 0.3 is 0 Å². The summed E-state index contributed by atoms with van der Waals surface area (Å²) in [6, 6.07) is 5.24. The minimum absolute atomic E-state index is 0.371. The van der Waals surface area contributed by atoms with Gasteiger partial charge in [0.1, 0.15) is 11.6 Å². The lowest BCUT2D eigenvalue weighted by Gasteiger charge is -2.13. The molecule has 3 rings (SSSR count). The Morgan fingerprint density at radius 1 is 1.35 bits per heavy atom. The third kappa shape index (κ3) is 3.35. The molecule has 9 heteroatoms. The van der Waals surface area contributed by atoms with Gasteiger partial charge in [-0.3, -0.25) is 9.29 Å². The van der Waals surface area contributed by atoms with E-state index in [-0.39, 0.29) is 0 Å². The normalized spacial score (nSPS) is 11.4. The molecule has 2 heterocycles. The maximum atomic E-state index is 11.5. The maximum absolute atomic E-state index is 11.5. The highest BCUT2D eigenvalue weighted by Crippen LogP contribution is 2.30. The zero-order valence-electron chi connectivity index (χ0n) is 12.4. The van der Waals surface area contributed by atoms with Crippen molar-refractivity contribution in [2.75, 3.05) is 18.1 Å². The van der Waals surface area contributed by atoms with Gasteiger partial charge in [-0.25, -0.2) is 17.8 Å². The molecule has 0 radical (unpaired) electrons. The Balaban J connectivity index is 2.08. The molecule has 0 spiro atoms. The molecule has 120 valence electrons. The number of sulfonamides is 1. The van der Waals surface area contributed by atoms with E-state index >= 15 is 0 Å². The number of rotatable bonds is 5. The standard InChI is InChI=1S/C14H14N4O3S2/c1-21-13-4-3-11(7-12(13)17-23(2,19)20)18-6-5-15-14(18)10-8-16-22-9-10/h3-9,17H,1-2H3. The molecule has 3 aromatic rings. The van der Waals surface area contributed by atoms with Gasteiger partial charge in [-0.2, -0.15) is 0 Å². The summed E-state index contributed by atoms with van der Waals surface area (Å²) < 4.78 is 36.7. The van der Waals surface area contributed by atoms with Gasteiger partial charge in [0.2, 0.25) is 10.0 Å². The first-order valence-electron chi connectivity index (χ1n) is 6.57. The van der Waals surface area contributed by atoms with E-state index in [1.807, 2.05) is 16.0 Å². The van der Waals surface area contributed by atoms with E-state index in [4.69, 9.17) is 4.74 Å². The van der Waals surface area contributed by atoms with E-state index in [2.05, 4.69) is 14.1 Å². The maximum Gasteiger partial charge on any atom is 0.229 e. The number of nitrogens with one attached hydrogen (secondary N) is 1. The van der Waals surface area contributed by atoms with Gasteiger partial charge in [-0.15, -0.1) is 0 Å². The van der Waals surface area contributed by atoms with E-state index in [1.165, 1.54) is 18.6 Å². The van der Waals surface area contributed by atoms with Crippen LogP contribution in [0.3, 0.4) is 0 Å². The number of nitrogens with zero attached hydrogens (tertiary/aromatic N) is 3. The molecular formula is C14H14N4O3S2. The third-order valence-electron chi connectivity index (χ3n) is 3.09. The second kappa shape index (κ2) is 6.01. The van der Waals surface area contributed by atoms with Gasteiger partial charge in [-0.05, 0) is 29.7 Å². The van der Waals surface area contributed by atoms with Crippen LogP contribution in [0.5, 0.6) is 5.75 Å². The molecule has 0 atom stereocenters. The topological polar surface area (TPSA) is 86.1 Å². The SMILES string of the molecule is COc1ccc(-n2ccnc2-c2cnsc2)cc1NS(C)(=O)=O. The van der Waals surface area contributed by atoms with Crippen molar-refractivity contribution in [2.45, 2.75) is 0 Å². The number of imidazole rings is 1. The van der Waals surface area contributed by atoms with E-state index in [0.717, 1.165) is 23.3 Å². The first-order chi connectivity index (χ1) is 11.0. The fraction of sp³-hybridized carbons (Fsp3) is 0.143. The van der Waals surface area contributed by atoms with Gasteiger partial charge in [0.15, 0.2) is 0 Å². The van der Waals surface area contributed by atoms with Crippen LogP contribution in [0.2, 0.25) is 0 Å². The molecule has 0 fully saturated rings. The first kappa shape index (κ1) is 15.5. The lowest BCUT2D eigenvalue weighted by Crippen LogP contribution is -2.11. The third-order valence-corrected chi connectivity index (χ3v) is 4.27. The van der Waals surface area contributed by atoms with Crippen molar-refractivity contribution in [3.05, 3.63) is 42.2 Å². The molecule has 0 saturated heterocycles. The highest BCUT2D eigenvalue weighted by molar-refractivity contribution is 7.92. The zero-order chi connectivity index (χ0) is 16.4. The molecule has 23 heavy (non-hydrogen) atoms. The molecule has 0 unspecified atom stereocenters. The Labute approximate surface area is 137 Å². The second-order valence-electron chi connectivity index (χ2n) is 4.79. The van der Waals surface area contributed by atoms with Crippen molar-refractivity contribution in [2.24, 2.45) is 0 Å². The summed E-state index contributed by atoms with van der Waals surface area (Å²) in [6.45, 7) is 0. The second-order valence-corrected chi connectivity index (χ2v) is 7.20. The number of hydrogen-bond donors (Lipinski definition) is 1. The molecule has 7 nitrogen and oxygen atoms in total. The number of aromatic nitrogens is 3. The van der Waals surface area contributed by atoms with Crippen LogP contribution in [-0.2, 0) is 10.0 Å². The van der Waals surface area contributed by atoms with Crippen LogP contribution in [-0.4, -0.2) is 35.7 Å². The predicted molar refractivity (Wildman–Crippen MR) is 89.7 cm³/mol. The number of anilines is 1. The van der Waals surface area contributed by atoms with Crippen molar-refractivity contribution in [1.29, 1.82) is 0 Å². The van der Waals surface area contributed by atoms with Gasteiger partial charge in [-0.1, -0.05) is 0 Å². The highest BCUT2D eigenvalue weighted by atomic mass is 32.2. The van der Waals surface area contributed by atoms with Crippen molar-refractivity contribution < 1.29 is 13.2 Å². The smallest absolute Gasteiger partial charge is 0.229 e. The molecule has 0 saturated carbocycles. The van der Waals surface area contributed by atoms with Crippen LogP contribution in [0.25, 0.3) is 17.1 Å². The molecule has 2 aromatic heterocycles. The van der Waals surface area contributed by atoms with Crippen LogP contribution in [0.15, 0.2) is 42.2 Å². The van der Waals surface area contributed by atoms with Crippen LogP contribution in [0.1, 0.15) is 0 Å². The molecule has 0 amide bonds. The number of hydrogen-bond acceptors (Lipinski definition) is 6. The Hall–Kier alpha value is -2.39. The van der Waals surface area contributed by atoms with Gasteiger partial charge in [0.25, 0.3) is 0 Å². The van der Waals surface area contributed by atoms with Crippen LogP contribution in [0, 0.1) is 0 Å². The summed E-state index contributed by atoms with van der Waals surface area (Å²) in [4.78, 5) is 4.34. The Morgan fingerprint density at radius 3 is 2.83 bits per heavy atom. The van der Waals surface area contributed by atoms with Crippen molar-refractivity contribution in [3.8, 4) is 22.8 Å². The van der Waals surface area contributed by atoms with E-state index in [1.54, 1.807) is 30.7 Å². The molecule has 0 aliphatic rings. The van der Waals surface area contributed by atoms with Crippen molar-refractivity contribution in [1.82, 2.24) is 13.9 Å². The first-order valence-corrected chi connectivity index (χ1v) is 9.30. The van der Waals surface area contributed by atoms with Crippen molar-refractivity contribution in [3.63, 3.8) is 0 Å². The van der Waals surface area contributed by atoms with Crippen molar-refractivity contribution >= 4 is 27.2 Å². The fourth-order valence-corrected chi connectivity index (χ4v) is 3.24. The van der Waals surface area contributed by atoms with E-state index in [0.29, 0.717) is 11.4 Å². The minimum atomic E-state index is -3.41. The van der Waals surface area contributed by atoms with E-state index in [9.17, 15) is 8.42 Å². The number of ether oxygens (including phenoxy) is 1. The average molecular weight is 350 g/mol. The average Bonchev–Trinajstić information content (AvgIpc) is 3.16. The van der Waals surface area contributed by atoms with Gasteiger partial charge in [0.05, 0.1) is 25.2 Å². The lowest BCUT2D eigenvalue weighted by molar-refractivity contribution is 0.417. The molecule has 1 aromatic carbocycles. The van der Waals surface area contributed by atoms with Crippen LogP contribution in [0.4, 0.5) is 5.69 Å². The van der Waals surface area contributed by atoms with E-state index < -0.39 is 10.0 Å². The predicted octanol–water partition coefficient (Wildman–Crippen LogP) is 2.38. The summed E-state index contributed by atoms with van der Waals surface area (Å²) in [5, 5.41) is 1.90. The monoisotopic (exact) mass is 350 g/mol. The lowest BCUT2D eigenvalue weighted by atomic mass is 10.2. The molecule has 0 aliphatic heterocycles. The number of benzene rings is 1. The largest absolute Gasteiger partial charge is 0.495 e. The Kier molecular flexibility index (Phi) is 4.05.